The number of amides is 3. The first-order valence-corrected chi connectivity index (χ1v) is 14.1. The molecule has 1 aromatic heterocycles. The van der Waals surface area contributed by atoms with Gasteiger partial charge >= 0.3 is 18.3 Å². The summed E-state index contributed by atoms with van der Waals surface area (Å²) in [6.07, 6.45) is -0.499. The number of fused-ring (bicyclic) bond motifs is 1. The summed E-state index contributed by atoms with van der Waals surface area (Å²) in [6, 6.07) is -0.509. The Balaban J connectivity index is 2.01. The van der Waals surface area contributed by atoms with Crippen LogP contribution in [0, 0.1) is 0 Å². The summed E-state index contributed by atoms with van der Waals surface area (Å²) in [5.41, 5.74) is -2.10. The maximum absolute atomic E-state index is 13.4. The van der Waals surface area contributed by atoms with Gasteiger partial charge in [-0.25, -0.2) is 14.4 Å². The third-order valence-corrected chi connectivity index (χ3v) is 6.21. The van der Waals surface area contributed by atoms with Crippen molar-refractivity contribution in [1.29, 1.82) is 0 Å². The van der Waals surface area contributed by atoms with Crippen LogP contribution < -0.4 is 19.9 Å². The lowest BCUT2D eigenvalue weighted by Gasteiger charge is -2.37. The molecule has 3 rings (SSSR count). The van der Waals surface area contributed by atoms with Crippen molar-refractivity contribution in [2.45, 2.75) is 111 Å². The number of nitrogens with one attached hydrogen (secondary N) is 1. The molecule has 2 aliphatic rings. The number of rotatable bonds is 4. The van der Waals surface area contributed by atoms with Gasteiger partial charge in [-0.15, -0.1) is 0 Å². The van der Waals surface area contributed by atoms with Crippen LogP contribution in [-0.4, -0.2) is 88.8 Å². The molecule has 0 spiro atoms. The number of hydrogen-bond acceptors (Lipinski definition) is 10. The zero-order valence-electron chi connectivity index (χ0n) is 26.3. The minimum atomic E-state index is -0.742. The van der Waals surface area contributed by atoms with Crippen LogP contribution in [0.5, 0.6) is 5.75 Å². The highest BCUT2D eigenvalue weighted by molar-refractivity contribution is 5.92. The predicted octanol–water partition coefficient (Wildman–Crippen LogP) is 5.18. The van der Waals surface area contributed by atoms with E-state index in [-0.39, 0.29) is 30.5 Å². The van der Waals surface area contributed by atoms with Crippen LogP contribution in [0.3, 0.4) is 0 Å². The molecule has 0 bridgehead atoms. The minimum Gasteiger partial charge on any atom is -0.484 e. The van der Waals surface area contributed by atoms with Crippen molar-refractivity contribution in [3.8, 4) is 5.75 Å². The number of nitrogens with zero attached hydrogens (tertiary/aromatic N) is 5. The van der Waals surface area contributed by atoms with Crippen LogP contribution in [0.2, 0.25) is 0 Å². The van der Waals surface area contributed by atoms with Crippen LogP contribution in [0.4, 0.5) is 32.0 Å². The molecule has 1 saturated heterocycles. The van der Waals surface area contributed by atoms with Gasteiger partial charge in [0.05, 0.1) is 12.1 Å². The fourth-order valence-electron chi connectivity index (χ4n) is 4.39. The first-order chi connectivity index (χ1) is 18.8. The SMILES string of the molecule is CC[C@@H]1COc2c(N3CC[C@@H](N(C)C(=O)OC(C)(C)C)C3)nc(NC(=O)OC(C)(C)C)nc2N1C(=O)OC(C)(C)C. The first kappa shape index (κ1) is 32.0. The van der Waals surface area contributed by atoms with Crippen molar-refractivity contribution in [3.05, 3.63) is 0 Å². The van der Waals surface area contributed by atoms with Gasteiger partial charge in [0.15, 0.2) is 11.6 Å². The molecule has 1 fully saturated rings. The third-order valence-electron chi connectivity index (χ3n) is 6.21. The third kappa shape index (κ3) is 8.49. The van der Waals surface area contributed by atoms with Gasteiger partial charge in [-0.2, -0.15) is 9.97 Å². The van der Waals surface area contributed by atoms with Crippen molar-refractivity contribution >= 4 is 35.9 Å². The van der Waals surface area contributed by atoms with E-state index in [9.17, 15) is 14.4 Å². The van der Waals surface area contributed by atoms with Gasteiger partial charge in [-0.3, -0.25) is 10.2 Å². The van der Waals surface area contributed by atoms with Crippen molar-refractivity contribution < 1.29 is 33.3 Å². The molecular weight excluding hydrogens is 532 g/mol. The van der Waals surface area contributed by atoms with E-state index >= 15 is 0 Å². The lowest BCUT2D eigenvalue weighted by molar-refractivity contribution is 0.0237. The van der Waals surface area contributed by atoms with Crippen molar-refractivity contribution in [2.24, 2.45) is 0 Å². The highest BCUT2D eigenvalue weighted by Crippen LogP contribution is 2.42. The largest absolute Gasteiger partial charge is 0.484 e. The summed E-state index contributed by atoms with van der Waals surface area (Å²) in [4.78, 5) is 53.0. The van der Waals surface area contributed by atoms with E-state index < -0.39 is 35.1 Å². The normalized spacial score (nSPS) is 19.2. The van der Waals surface area contributed by atoms with E-state index in [4.69, 9.17) is 18.9 Å². The van der Waals surface area contributed by atoms with E-state index in [2.05, 4.69) is 15.3 Å². The lowest BCUT2D eigenvalue weighted by Crippen LogP contribution is -2.49. The van der Waals surface area contributed by atoms with Gasteiger partial charge in [-0.05, 0) is 75.2 Å². The number of ether oxygens (including phenoxy) is 4. The molecule has 2 aliphatic heterocycles. The Morgan fingerprint density at radius 2 is 1.54 bits per heavy atom. The molecular formula is C28H46N6O7. The standard InChI is InChI=1S/C28H46N6O7/c1-12-17-16-38-19-20(33-14-13-18(15-33)32(11)24(36)40-27(5,6)7)29-22(31-23(35)39-26(2,3)4)30-21(19)34(17)25(37)41-28(8,9)10/h17-18H,12-16H2,1-11H3,(H,29,30,31,35)/t17-,18-/m1/s1. The van der Waals surface area contributed by atoms with Gasteiger partial charge in [0.2, 0.25) is 11.7 Å². The zero-order valence-corrected chi connectivity index (χ0v) is 26.3. The summed E-state index contributed by atoms with van der Waals surface area (Å²) in [7, 11) is 1.71. The molecule has 3 amide bonds. The molecule has 1 N–H and O–H groups in total. The van der Waals surface area contributed by atoms with Crippen molar-refractivity contribution in [2.75, 3.05) is 41.9 Å². The second kappa shape index (κ2) is 11.8. The molecule has 2 atom stereocenters. The van der Waals surface area contributed by atoms with Gasteiger partial charge in [0.25, 0.3) is 0 Å². The predicted molar refractivity (Wildman–Crippen MR) is 155 cm³/mol. The Bertz CT molecular complexity index is 1140. The Morgan fingerprint density at radius 3 is 2.10 bits per heavy atom. The Hall–Kier alpha value is -3.51. The van der Waals surface area contributed by atoms with Gasteiger partial charge in [-0.1, -0.05) is 6.92 Å². The fraction of sp³-hybridized carbons (Fsp3) is 0.750. The molecule has 0 unspecified atom stereocenters. The van der Waals surface area contributed by atoms with Gasteiger partial charge in [0, 0.05) is 20.1 Å². The Labute approximate surface area is 242 Å². The number of carbonyl (C=O) groups is 3. The Kier molecular flexibility index (Phi) is 9.19. The molecule has 13 heteroatoms. The quantitative estimate of drug-likeness (QED) is 0.476. The molecule has 0 radical (unpaired) electrons. The average molecular weight is 579 g/mol. The van der Waals surface area contributed by atoms with E-state index in [1.165, 1.54) is 4.90 Å². The zero-order chi connectivity index (χ0) is 30.9. The monoisotopic (exact) mass is 578 g/mol. The highest BCUT2D eigenvalue weighted by atomic mass is 16.6. The lowest BCUT2D eigenvalue weighted by atomic mass is 10.1. The Morgan fingerprint density at radius 1 is 0.951 bits per heavy atom. The summed E-state index contributed by atoms with van der Waals surface area (Å²) in [6.45, 7) is 19.2. The van der Waals surface area contributed by atoms with Crippen LogP contribution >= 0.6 is 0 Å². The molecule has 13 nitrogen and oxygen atoms in total. The summed E-state index contributed by atoms with van der Waals surface area (Å²) >= 11 is 0. The number of aromatic nitrogens is 2. The number of hydrogen-bond donors (Lipinski definition) is 1. The second-order valence-electron chi connectivity index (χ2n) is 13.4. The summed E-state index contributed by atoms with van der Waals surface area (Å²) in [5, 5.41) is 2.60. The topological polar surface area (TPSA) is 136 Å². The fourth-order valence-corrected chi connectivity index (χ4v) is 4.39. The molecule has 3 heterocycles. The molecule has 0 aromatic carbocycles. The number of anilines is 3. The first-order valence-electron chi connectivity index (χ1n) is 14.1. The van der Waals surface area contributed by atoms with Crippen LogP contribution in [-0.2, 0) is 14.2 Å². The smallest absolute Gasteiger partial charge is 0.416 e. The number of likely N-dealkylation sites (N-methyl/N-ethyl adjacent to an activating group) is 1. The summed E-state index contributed by atoms with van der Waals surface area (Å²) in [5.74, 6) is 0.836. The van der Waals surface area contributed by atoms with E-state index in [0.717, 1.165) is 0 Å². The molecule has 0 saturated carbocycles. The van der Waals surface area contributed by atoms with Crippen LogP contribution in [0.15, 0.2) is 0 Å². The van der Waals surface area contributed by atoms with Crippen LogP contribution in [0.1, 0.15) is 82.1 Å². The molecule has 0 aliphatic carbocycles. The van der Waals surface area contributed by atoms with E-state index in [1.807, 2.05) is 32.6 Å². The average Bonchev–Trinajstić information content (AvgIpc) is 3.28. The van der Waals surface area contributed by atoms with E-state index in [0.29, 0.717) is 37.5 Å². The van der Waals surface area contributed by atoms with E-state index in [1.54, 1.807) is 53.5 Å². The molecule has 1 aromatic rings. The minimum absolute atomic E-state index is 0.0501. The van der Waals surface area contributed by atoms with Crippen molar-refractivity contribution in [1.82, 2.24) is 14.9 Å². The van der Waals surface area contributed by atoms with Gasteiger partial charge in [0.1, 0.15) is 23.4 Å². The van der Waals surface area contributed by atoms with Crippen molar-refractivity contribution in [3.63, 3.8) is 0 Å². The maximum atomic E-state index is 13.4. The second-order valence-corrected chi connectivity index (χ2v) is 13.4. The number of carbonyl (C=O) groups excluding carboxylic acids is 3. The van der Waals surface area contributed by atoms with Gasteiger partial charge < -0.3 is 28.7 Å². The molecule has 230 valence electrons. The molecule has 41 heavy (non-hydrogen) atoms. The maximum Gasteiger partial charge on any atom is 0.416 e. The summed E-state index contributed by atoms with van der Waals surface area (Å²) < 4.78 is 22.8. The highest BCUT2D eigenvalue weighted by Gasteiger charge is 2.41. The van der Waals surface area contributed by atoms with Crippen LogP contribution in [0.25, 0.3) is 0 Å².